The number of carboxylic acid groups (broad SMARTS) is 1. The molecule has 1 aliphatic heterocycles. The van der Waals surface area contributed by atoms with Crippen molar-refractivity contribution < 1.29 is 9.90 Å². The van der Waals surface area contributed by atoms with Crippen molar-refractivity contribution in [1.82, 2.24) is 5.32 Å². The van der Waals surface area contributed by atoms with Gasteiger partial charge in [0, 0.05) is 23.5 Å². The second kappa shape index (κ2) is 7.56. The summed E-state index contributed by atoms with van der Waals surface area (Å²) in [5.41, 5.74) is 1.25. The summed E-state index contributed by atoms with van der Waals surface area (Å²) in [5, 5.41) is 13.2. The van der Waals surface area contributed by atoms with Crippen LogP contribution in [0.5, 0.6) is 0 Å². The molecule has 1 aliphatic rings. The maximum atomic E-state index is 10.8. The predicted octanol–water partition coefficient (Wildman–Crippen LogP) is 3.08. The lowest BCUT2D eigenvalue weighted by molar-refractivity contribution is -0.137. The Morgan fingerprint density at radius 1 is 1.42 bits per heavy atom. The van der Waals surface area contributed by atoms with E-state index in [4.69, 9.17) is 5.11 Å². The molecule has 19 heavy (non-hydrogen) atoms. The van der Waals surface area contributed by atoms with E-state index in [1.165, 1.54) is 18.4 Å². The molecule has 0 amide bonds. The first-order chi connectivity index (χ1) is 9.25. The van der Waals surface area contributed by atoms with Gasteiger partial charge in [-0.3, -0.25) is 4.79 Å². The van der Waals surface area contributed by atoms with Crippen LogP contribution in [0.1, 0.15) is 36.5 Å². The number of benzene rings is 1. The molecule has 1 aromatic carbocycles. The van der Waals surface area contributed by atoms with Gasteiger partial charge in [-0.2, -0.15) is 0 Å². The summed E-state index contributed by atoms with van der Waals surface area (Å²) < 4.78 is 0. The number of aliphatic carboxylic acids is 1. The predicted molar refractivity (Wildman–Crippen MR) is 79.5 cm³/mol. The minimum absolute atomic E-state index is 0.243. The van der Waals surface area contributed by atoms with Crippen LogP contribution in [0.4, 0.5) is 0 Å². The van der Waals surface area contributed by atoms with Crippen molar-refractivity contribution in [3.8, 4) is 0 Å². The minimum atomic E-state index is -0.705. The quantitative estimate of drug-likeness (QED) is 0.840. The topological polar surface area (TPSA) is 49.3 Å². The third-order valence-electron chi connectivity index (χ3n) is 3.40. The highest BCUT2D eigenvalue weighted by Gasteiger charge is 2.21. The van der Waals surface area contributed by atoms with Gasteiger partial charge in [0.05, 0.1) is 0 Å². The number of hydrogen-bond acceptors (Lipinski definition) is 3. The van der Waals surface area contributed by atoms with Crippen LogP contribution in [-0.2, 0) is 4.79 Å². The molecular formula is C15H21NO2S. The first kappa shape index (κ1) is 14.4. The number of thioether (sulfide) groups is 1. The molecule has 2 rings (SSSR count). The van der Waals surface area contributed by atoms with E-state index in [1.807, 2.05) is 30.0 Å². The fraction of sp³-hybridized carbons (Fsp3) is 0.533. The second-order valence-corrected chi connectivity index (χ2v) is 6.44. The molecule has 2 N–H and O–H groups in total. The van der Waals surface area contributed by atoms with Gasteiger partial charge in [-0.05, 0) is 31.4 Å². The Hall–Kier alpha value is -1.00. The third-order valence-corrected chi connectivity index (χ3v) is 5.02. The molecule has 0 aliphatic carbocycles. The lowest BCUT2D eigenvalue weighted by Crippen LogP contribution is -2.32. The second-order valence-electron chi connectivity index (χ2n) is 4.94. The van der Waals surface area contributed by atoms with Crippen molar-refractivity contribution in [2.24, 2.45) is 0 Å². The Balaban J connectivity index is 1.98. The average molecular weight is 279 g/mol. The van der Waals surface area contributed by atoms with E-state index >= 15 is 0 Å². The Bertz CT molecular complexity index is 390. The molecule has 2 atom stereocenters. The molecule has 0 saturated carbocycles. The monoisotopic (exact) mass is 279 g/mol. The van der Waals surface area contributed by atoms with E-state index in [-0.39, 0.29) is 6.42 Å². The summed E-state index contributed by atoms with van der Waals surface area (Å²) >= 11 is 1.93. The molecule has 4 heteroatoms. The van der Waals surface area contributed by atoms with E-state index in [0.29, 0.717) is 16.9 Å². The third kappa shape index (κ3) is 4.88. The van der Waals surface area contributed by atoms with Crippen molar-refractivity contribution in [3.63, 3.8) is 0 Å². The average Bonchev–Trinajstić information content (AvgIpc) is 2.45. The van der Waals surface area contributed by atoms with Gasteiger partial charge in [-0.25, -0.2) is 0 Å². The zero-order chi connectivity index (χ0) is 13.5. The molecule has 2 unspecified atom stereocenters. The first-order valence-corrected chi connectivity index (χ1v) is 7.83. The Kier molecular flexibility index (Phi) is 5.73. The maximum absolute atomic E-state index is 10.8. The van der Waals surface area contributed by atoms with Crippen LogP contribution in [0.3, 0.4) is 0 Å². The molecule has 1 saturated heterocycles. The molecule has 0 bridgehead atoms. The van der Waals surface area contributed by atoms with Crippen molar-refractivity contribution in [2.45, 2.75) is 36.2 Å². The van der Waals surface area contributed by atoms with Crippen LogP contribution in [0.2, 0.25) is 0 Å². The number of carboxylic acids is 1. The van der Waals surface area contributed by atoms with Crippen LogP contribution in [0.15, 0.2) is 30.3 Å². The highest BCUT2D eigenvalue weighted by molar-refractivity contribution is 8.00. The van der Waals surface area contributed by atoms with E-state index in [2.05, 4.69) is 17.4 Å². The normalized spacial score (nSPS) is 20.9. The van der Waals surface area contributed by atoms with Gasteiger partial charge in [0.2, 0.25) is 0 Å². The molecule has 0 spiro atoms. The van der Waals surface area contributed by atoms with Crippen LogP contribution in [0, 0.1) is 0 Å². The Morgan fingerprint density at radius 2 is 2.21 bits per heavy atom. The Labute approximate surface area is 118 Å². The minimum Gasteiger partial charge on any atom is -0.481 e. The highest BCUT2D eigenvalue weighted by Crippen LogP contribution is 2.37. The number of hydrogen-bond donors (Lipinski definition) is 2. The van der Waals surface area contributed by atoms with Crippen molar-refractivity contribution in [1.29, 1.82) is 0 Å². The summed E-state index contributed by atoms with van der Waals surface area (Å²) in [4.78, 5) is 10.8. The van der Waals surface area contributed by atoms with Gasteiger partial charge in [0.15, 0.2) is 0 Å². The van der Waals surface area contributed by atoms with Gasteiger partial charge in [0.25, 0.3) is 0 Å². The van der Waals surface area contributed by atoms with Crippen LogP contribution in [0.25, 0.3) is 0 Å². The van der Waals surface area contributed by atoms with E-state index in [9.17, 15) is 4.79 Å². The number of rotatable bonds is 6. The molecule has 1 heterocycles. The van der Waals surface area contributed by atoms with Gasteiger partial charge >= 0.3 is 5.97 Å². The Morgan fingerprint density at radius 3 is 2.84 bits per heavy atom. The summed E-state index contributed by atoms with van der Waals surface area (Å²) in [6, 6.07) is 10.3. The fourth-order valence-corrected chi connectivity index (χ4v) is 3.95. The lowest BCUT2D eigenvalue weighted by Gasteiger charge is -2.27. The van der Waals surface area contributed by atoms with Gasteiger partial charge < -0.3 is 10.4 Å². The number of piperidine rings is 1. The smallest absolute Gasteiger partial charge is 0.303 e. The standard InChI is InChI=1S/C15H21NO2S/c17-15(18)9-8-14(12-5-2-1-3-6-12)19-13-7-4-10-16-11-13/h1-3,5-6,13-14,16H,4,7-11H2,(H,17,18). The molecule has 1 aromatic rings. The van der Waals surface area contributed by atoms with Crippen LogP contribution in [-0.4, -0.2) is 29.4 Å². The summed E-state index contributed by atoms with van der Waals surface area (Å²) in [6.07, 6.45) is 3.40. The largest absolute Gasteiger partial charge is 0.481 e. The maximum Gasteiger partial charge on any atom is 0.303 e. The SMILES string of the molecule is O=C(O)CCC(SC1CCCNC1)c1ccccc1. The molecule has 1 fully saturated rings. The first-order valence-electron chi connectivity index (χ1n) is 6.88. The fourth-order valence-electron chi connectivity index (χ4n) is 2.40. The van der Waals surface area contributed by atoms with Crippen molar-refractivity contribution in [2.75, 3.05) is 13.1 Å². The van der Waals surface area contributed by atoms with Crippen LogP contribution < -0.4 is 5.32 Å². The summed E-state index contributed by atoms with van der Waals surface area (Å²) in [6.45, 7) is 2.16. The van der Waals surface area contributed by atoms with Gasteiger partial charge in [-0.1, -0.05) is 30.3 Å². The molecular weight excluding hydrogens is 258 g/mol. The van der Waals surface area contributed by atoms with Gasteiger partial charge in [0.1, 0.15) is 0 Å². The summed E-state index contributed by atoms with van der Waals surface area (Å²) in [5.74, 6) is -0.705. The van der Waals surface area contributed by atoms with Crippen LogP contribution >= 0.6 is 11.8 Å². The van der Waals surface area contributed by atoms with Gasteiger partial charge in [-0.15, -0.1) is 11.8 Å². The highest BCUT2D eigenvalue weighted by atomic mass is 32.2. The zero-order valence-electron chi connectivity index (χ0n) is 11.0. The zero-order valence-corrected chi connectivity index (χ0v) is 11.9. The van der Waals surface area contributed by atoms with Crippen molar-refractivity contribution >= 4 is 17.7 Å². The summed E-state index contributed by atoms with van der Waals surface area (Å²) in [7, 11) is 0. The molecule has 3 nitrogen and oxygen atoms in total. The lowest BCUT2D eigenvalue weighted by atomic mass is 10.1. The molecule has 0 aromatic heterocycles. The number of carbonyl (C=O) groups is 1. The van der Waals surface area contributed by atoms with E-state index < -0.39 is 5.97 Å². The van der Waals surface area contributed by atoms with E-state index in [1.54, 1.807) is 0 Å². The van der Waals surface area contributed by atoms with Crippen molar-refractivity contribution in [3.05, 3.63) is 35.9 Å². The molecule has 104 valence electrons. The molecule has 0 radical (unpaired) electrons. The van der Waals surface area contributed by atoms with E-state index in [0.717, 1.165) is 13.1 Å². The number of nitrogens with one attached hydrogen (secondary N) is 1.